The molecule has 1 aromatic heterocycles. The molecule has 0 aliphatic carbocycles. The molecule has 0 atom stereocenters. The van der Waals surface area contributed by atoms with E-state index >= 15 is 0 Å². The van der Waals surface area contributed by atoms with Crippen LogP contribution in [-0.4, -0.2) is 11.3 Å². The lowest BCUT2D eigenvalue weighted by Gasteiger charge is -2.09. The summed E-state index contributed by atoms with van der Waals surface area (Å²) in [5.41, 5.74) is -0.0655. The van der Waals surface area contributed by atoms with Crippen molar-refractivity contribution in [3.8, 4) is 5.88 Å². The quantitative estimate of drug-likeness (QED) is 0.545. The second kappa shape index (κ2) is 3.61. The predicted octanol–water partition coefficient (Wildman–Crippen LogP) is 3.08. The van der Waals surface area contributed by atoms with Gasteiger partial charge in [0.2, 0.25) is 0 Å². The Balaban J connectivity index is 3.09. The molecule has 0 saturated carbocycles. The Morgan fingerprint density at radius 3 is 2.50 bits per heavy atom. The number of alkyl halides is 3. The van der Waals surface area contributed by atoms with Crippen molar-refractivity contribution in [1.29, 1.82) is 0 Å². The molecule has 1 rings (SSSR count). The normalized spacial score (nSPS) is 11.6. The fourth-order valence-corrected chi connectivity index (χ4v) is 1.01. The van der Waals surface area contributed by atoms with Crippen molar-refractivity contribution in [2.24, 2.45) is 0 Å². The highest BCUT2D eigenvalue weighted by Gasteiger charge is 2.33. The predicted molar refractivity (Wildman–Crippen MR) is 40.6 cm³/mol. The minimum Gasteiger partial charge on any atom is -0.385 e. The lowest BCUT2D eigenvalue weighted by molar-refractivity contribution is -0.277. The Morgan fingerprint density at radius 2 is 2.00 bits per heavy atom. The monoisotopic (exact) mass is 229 g/mol. The highest BCUT2D eigenvalue weighted by molar-refractivity contribution is 6.29. The molecular weight excluding hydrogens is 226 g/mol. The number of aromatic nitrogens is 1. The number of aryl methyl sites for hydroxylation is 1. The first-order valence-corrected chi connectivity index (χ1v) is 3.76. The zero-order chi connectivity index (χ0) is 10.9. The third kappa shape index (κ3) is 2.73. The van der Waals surface area contributed by atoms with E-state index in [0.29, 0.717) is 0 Å². The van der Waals surface area contributed by atoms with Crippen molar-refractivity contribution < 1.29 is 22.3 Å². The number of halogens is 5. The maximum atomic E-state index is 13.0. The summed E-state index contributed by atoms with van der Waals surface area (Å²) in [6, 6.07) is 1.10. The molecule has 0 spiro atoms. The number of hydrogen-bond donors (Lipinski definition) is 0. The topological polar surface area (TPSA) is 22.1 Å². The van der Waals surface area contributed by atoms with Gasteiger partial charge in [-0.25, -0.2) is 4.39 Å². The van der Waals surface area contributed by atoms with Gasteiger partial charge in [0.25, 0.3) is 5.88 Å². The minimum atomic E-state index is -4.98. The number of rotatable bonds is 1. The summed E-state index contributed by atoms with van der Waals surface area (Å²) >= 11 is 5.33. The van der Waals surface area contributed by atoms with Crippen molar-refractivity contribution in [2.45, 2.75) is 13.3 Å². The molecule has 0 aliphatic heterocycles. The van der Waals surface area contributed by atoms with Crippen LogP contribution in [0.2, 0.25) is 5.15 Å². The summed E-state index contributed by atoms with van der Waals surface area (Å²) in [5.74, 6) is -2.34. The lowest BCUT2D eigenvalue weighted by atomic mass is 10.3. The molecule has 14 heavy (non-hydrogen) atoms. The molecule has 7 heteroatoms. The van der Waals surface area contributed by atoms with E-state index < -0.39 is 18.1 Å². The zero-order valence-electron chi connectivity index (χ0n) is 6.82. The van der Waals surface area contributed by atoms with Crippen molar-refractivity contribution in [1.82, 2.24) is 4.98 Å². The summed E-state index contributed by atoms with van der Waals surface area (Å²) in [6.45, 7) is 1.26. The largest absolute Gasteiger partial charge is 0.574 e. The summed E-state index contributed by atoms with van der Waals surface area (Å²) < 4.78 is 51.4. The van der Waals surface area contributed by atoms with Crippen LogP contribution in [0.1, 0.15) is 5.56 Å². The van der Waals surface area contributed by atoms with Gasteiger partial charge in [-0.3, -0.25) is 0 Å². The van der Waals surface area contributed by atoms with Gasteiger partial charge in [0.1, 0.15) is 5.15 Å². The number of hydrogen-bond acceptors (Lipinski definition) is 2. The van der Waals surface area contributed by atoms with Crippen LogP contribution in [0.3, 0.4) is 0 Å². The van der Waals surface area contributed by atoms with Crippen molar-refractivity contribution >= 4 is 11.6 Å². The molecule has 0 aromatic carbocycles. The van der Waals surface area contributed by atoms with E-state index in [4.69, 9.17) is 11.6 Å². The lowest BCUT2D eigenvalue weighted by Crippen LogP contribution is -2.19. The number of ether oxygens (including phenoxy) is 1. The second-order valence-corrected chi connectivity index (χ2v) is 2.82. The molecule has 0 aliphatic rings. The van der Waals surface area contributed by atoms with Crippen LogP contribution < -0.4 is 4.74 Å². The van der Waals surface area contributed by atoms with E-state index in [0.717, 1.165) is 6.07 Å². The number of nitrogens with zero attached hydrogens (tertiary/aromatic N) is 1. The van der Waals surface area contributed by atoms with Crippen molar-refractivity contribution in [3.05, 3.63) is 22.6 Å². The molecule has 0 amide bonds. The SMILES string of the molecule is Cc1cc(Cl)nc(OC(F)(F)F)c1F. The molecule has 0 unspecified atom stereocenters. The van der Waals surface area contributed by atoms with Gasteiger partial charge in [0.05, 0.1) is 0 Å². The maximum absolute atomic E-state index is 13.0. The Kier molecular flexibility index (Phi) is 2.84. The standard InChI is InChI=1S/C7H4ClF4NO/c1-3-2-4(8)13-6(5(3)9)14-7(10,11)12/h2H,1H3. The van der Waals surface area contributed by atoms with Crippen molar-refractivity contribution in [2.75, 3.05) is 0 Å². The first kappa shape index (κ1) is 11.0. The van der Waals surface area contributed by atoms with Crippen molar-refractivity contribution in [3.63, 3.8) is 0 Å². The first-order chi connectivity index (χ1) is 6.29. The summed E-state index contributed by atoms with van der Waals surface area (Å²) in [7, 11) is 0. The molecule has 2 nitrogen and oxygen atoms in total. The van der Waals surface area contributed by atoms with Crippen LogP contribution >= 0.6 is 11.6 Å². The minimum absolute atomic E-state index is 0.0655. The molecule has 1 heterocycles. The summed E-state index contributed by atoms with van der Waals surface area (Å²) in [4.78, 5) is 3.07. The molecular formula is C7H4ClF4NO. The molecule has 0 fully saturated rings. The third-order valence-corrected chi connectivity index (χ3v) is 1.48. The van der Waals surface area contributed by atoms with Crippen LogP contribution in [0.5, 0.6) is 5.88 Å². The van der Waals surface area contributed by atoms with Gasteiger partial charge in [-0.05, 0) is 18.6 Å². The molecule has 0 N–H and O–H groups in total. The van der Waals surface area contributed by atoms with E-state index in [1.165, 1.54) is 6.92 Å². The molecule has 78 valence electrons. The molecule has 0 radical (unpaired) electrons. The Bertz CT molecular complexity index is 352. The Morgan fingerprint density at radius 1 is 1.43 bits per heavy atom. The van der Waals surface area contributed by atoms with Gasteiger partial charge in [-0.1, -0.05) is 11.6 Å². The van der Waals surface area contributed by atoms with E-state index in [9.17, 15) is 17.6 Å². The van der Waals surface area contributed by atoms with Crippen LogP contribution in [0.25, 0.3) is 0 Å². The van der Waals surface area contributed by atoms with E-state index in [1.807, 2.05) is 0 Å². The summed E-state index contributed by atoms with van der Waals surface area (Å²) in [6.07, 6.45) is -4.98. The van der Waals surface area contributed by atoms with E-state index in [-0.39, 0.29) is 10.7 Å². The Hall–Kier alpha value is -1.04. The maximum Gasteiger partial charge on any atom is 0.574 e. The average Bonchev–Trinajstić information content (AvgIpc) is 1.96. The van der Waals surface area contributed by atoms with Gasteiger partial charge in [-0.15, -0.1) is 13.2 Å². The smallest absolute Gasteiger partial charge is 0.385 e. The van der Waals surface area contributed by atoms with Crippen LogP contribution in [-0.2, 0) is 0 Å². The summed E-state index contributed by atoms with van der Waals surface area (Å²) in [5, 5.41) is -0.261. The van der Waals surface area contributed by atoms with Gasteiger partial charge >= 0.3 is 6.36 Å². The fraction of sp³-hybridized carbons (Fsp3) is 0.286. The first-order valence-electron chi connectivity index (χ1n) is 3.38. The third-order valence-electron chi connectivity index (χ3n) is 1.29. The number of pyridine rings is 1. The van der Waals surface area contributed by atoms with E-state index in [1.54, 1.807) is 0 Å². The highest BCUT2D eigenvalue weighted by atomic mass is 35.5. The van der Waals surface area contributed by atoms with Gasteiger partial charge < -0.3 is 4.74 Å². The van der Waals surface area contributed by atoms with Crippen LogP contribution in [0, 0.1) is 12.7 Å². The molecule has 0 bridgehead atoms. The zero-order valence-corrected chi connectivity index (χ0v) is 7.58. The van der Waals surface area contributed by atoms with Gasteiger partial charge in [0, 0.05) is 0 Å². The highest BCUT2D eigenvalue weighted by Crippen LogP contribution is 2.26. The van der Waals surface area contributed by atoms with Gasteiger partial charge in [0.15, 0.2) is 5.82 Å². The fourth-order valence-electron chi connectivity index (χ4n) is 0.766. The molecule has 0 saturated heterocycles. The second-order valence-electron chi connectivity index (χ2n) is 2.43. The van der Waals surface area contributed by atoms with Crippen LogP contribution in [0.15, 0.2) is 6.07 Å². The van der Waals surface area contributed by atoms with E-state index in [2.05, 4.69) is 9.72 Å². The van der Waals surface area contributed by atoms with Crippen LogP contribution in [0.4, 0.5) is 17.6 Å². The molecule has 1 aromatic rings. The Labute approximate surface area is 81.5 Å². The van der Waals surface area contributed by atoms with Gasteiger partial charge in [-0.2, -0.15) is 4.98 Å². The average molecular weight is 230 g/mol.